The van der Waals surface area contributed by atoms with Crippen LogP contribution in [0.1, 0.15) is 50.9 Å². The fraction of sp³-hybridized carbons (Fsp3) is 0.789. The van der Waals surface area contributed by atoms with Crippen molar-refractivity contribution in [1.82, 2.24) is 25.3 Å². The molecule has 1 aromatic heterocycles. The molecule has 0 aliphatic carbocycles. The Morgan fingerprint density at radius 1 is 1.20 bits per heavy atom. The number of nitrogens with one attached hydrogen (secondary N) is 2. The number of aryl methyl sites for hydroxylation is 3. The molecule has 2 rings (SSSR count). The zero-order valence-corrected chi connectivity index (χ0v) is 16.7. The van der Waals surface area contributed by atoms with Gasteiger partial charge in [0.2, 0.25) is 0 Å². The SMILES string of the molecule is CN=C(NCCCn1nc(C)cc1C)NCC(C)(C)N1CCCCC1. The summed E-state index contributed by atoms with van der Waals surface area (Å²) in [5.41, 5.74) is 2.47. The summed E-state index contributed by atoms with van der Waals surface area (Å²) in [7, 11) is 1.84. The molecule has 0 bridgehead atoms. The second-order valence-corrected chi connectivity index (χ2v) is 7.72. The van der Waals surface area contributed by atoms with E-state index >= 15 is 0 Å². The molecule has 1 saturated heterocycles. The van der Waals surface area contributed by atoms with Gasteiger partial charge in [0.1, 0.15) is 0 Å². The first-order valence-electron chi connectivity index (χ1n) is 9.63. The smallest absolute Gasteiger partial charge is 0.191 e. The number of rotatable bonds is 7. The van der Waals surface area contributed by atoms with Crippen LogP contribution < -0.4 is 10.6 Å². The Hall–Kier alpha value is -1.56. The Morgan fingerprint density at radius 3 is 2.52 bits per heavy atom. The molecule has 0 saturated carbocycles. The van der Waals surface area contributed by atoms with Gasteiger partial charge >= 0.3 is 0 Å². The molecule has 1 aliphatic rings. The summed E-state index contributed by atoms with van der Waals surface area (Å²) >= 11 is 0. The molecule has 2 heterocycles. The molecule has 2 N–H and O–H groups in total. The van der Waals surface area contributed by atoms with Crippen molar-refractivity contribution in [2.24, 2.45) is 4.99 Å². The maximum Gasteiger partial charge on any atom is 0.191 e. The largest absolute Gasteiger partial charge is 0.356 e. The number of hydrogen-bond acceptors (Lipinski definition) is 3. The average Bonchev–Trinajstić information content (AvgIpc) is 2.92. The van der Waals surface area contributed by atoms with E-state index in [1.807, 2.05) is 14.0 Å². The first-order chi connectivity index (χ1) is 11.9. The zero-order valence-electron chi connectivity index (χ0n) is 16.7. The zero-order chi connectivity index (χ0) is 18.3. The molecule has 0 amide bonds. The molecule has 1 aliphatic heterocycles. The maximum atomic E-state index is 4.50. The molecule has 0 spiro atoms. The monoisotopic (exact) mass is 348 g/mol. The number of nitrogens with zero attached hydrogens (tertiary/aromatic N) is 4. The van der Waals surface area contributed by atoms with E-state index < -0.39 is 0 Å². The molecule has 6 heteroatoms. The van der Waals surface area contributed by atoms with Crippen LogP contribution in [0.15, 0.2) is 11.1 Å². The van der Waals surface area contributed by atoms with Gasteiger partial charge in [0, 0.05) is 37.9 Å². The van der Waals surface area contributed by atoms with Gasteiger partial charge in [0.25, 0.3) is 0 Å². The van der Waals surface area contributed by atoms with Gasteiger partial charge in [0.15, 0.2) is 5.96 Å². The van der Waals surface area contributed by atoms with Crippen LogP contribution >= 0.6 is 0 Å². The minimum Gasteiger partial charge on any atom is -0.356 e. The first-order valence-corrected chi connectivity index (χ1v) is 9.63. The summed E-state index contributed by atoms with van der Waals surface area (Å²) in [4.78, 5) is 6.95. The Bertz CT molecular complexity index is 554. The highest BCUT2D eigenvalue weighted by Crippen LogP contribution is 2.19. The first kappa shape index (κ1) is 19.8. The lowest BCUT2D eigenvalue weighted by molar-refractivity contribution is 0.0982. The fourth-order valence-corrected chi connectivity index (χ4v) is 3.47. The van der Waals surface area contributed by atoms with E-state index in [0.717, 1.165) is 37.7 Å². The number of guanidine groups is 1. The van der Waals surface area contributed by atoms with Gasteiger partial charge in [-0.25, -0.2) is 0 Å². The summed E-state index contributed by atoms with van der Waals surface area (Å²) < 4.78 is 2.08. The van der Waals surface area contributed by atoms with Crippen LogP contribution in [-0.4, -0.2) is 59.4 Å². The molecule has 0 radical (unpaired) electrons. The van der Waals surface area contributed by atoms with Crippen molar-refractivity contribution in [2.75, 3.05) is 33.2 Å². The average molecular weight is 349 g/mol. The van der Waals surface area contributed by atoms with Crippen molar-refractivity contribution in [3.05, 3.63) is 17.5 Å². The molecule has 1 aromatic rings. The van der Waals surface area contributed by atoms with Gasteiger partial charge in [-0.2, -0.15) is 5.10 Å². The maximum absolute atomic E-state index is 4.50. The molecular weight excluding hydrogens is 312 g/mol. The number of aromatic nitrogens is 2. The standard InChI is InChI=1S/C19H36N6/c1-16-14-17(2)25(23-16)13-9-10-21-18(20-5)22-15-19(3,4)24-11-7-6-8-12-24/h14H,6-13,15H2,1-5H3,(H2,20,21,22). The quantitative estimate of drug-likeness (QED) is 0.451. The lowest BCUT2D eigenvalue weighted by Gasteiger charge is -2.41. The number of hydrogen-bond donors (Lipinski definition) is 2. The Kier molecular flexibility index (Phi) is 7.29. The van der Waals surface area contributed by atoms with Gasteiger partial charge in [-0.1, -0.05) is 6.42 Å². The second-order valence-electron chi connectivity index (χ2n) is 7.72. The summed E-state index contributed by atoms with van der Waals surface area (Å²) in [6, 6.07) is 2.12. The van der Waals surface area contributed by atoms with Crippen LogP contribution in [0.4, 0.5) is 0 Å². The lowest BCUT2D eigenvalue weighted by atomic mass is 9.98. The molecule has 142 valence electrons. The van der Waals surface area contributed by atoms with Crippen molar-refractivity contribution in [2.45, 2.75) is 65.5 Å². The van der Waals surface area contributed by atoms with E-state index in [4.69, 9.17) is 0 Å². The molecule has 1 fully saturated rings. The van der Waals surface area contributed by atoms with E-state index in [-0.39, 0.29) is 5.54 Å². The van der Waals surface area contributed by atoms with Crippen molar-refractivity contribution < 1.29 is 0 Å². The van der Waals surface area contributed by atoms with E-state index in [0.29, 0.717) is 0 Å². The number of piperidine rings is 1. The molecule has 6 nitrogen and oxygen atoms in total. The minimum atomic E-state index is 0.155. The van der Waals surface area contributed by atoms with Gasteiger partial charge < -0.3 is 10.6 Å². The topological polar surface area (TPSA) is 57.5 Å². The van der Waals surface area contributed by atoms with Crippen LogP contribution in [0, 0.1) is 13.8 Å². The summed E-state index contributed by atoms with van der Waals surface area (Å²) in [6.07, 6.45) is 5.04. The minimum absolute atomic E-state index is 0.155. The normalized spacial score (nSPS) is 16.9. The highest BCUT2D eigenvalue weighted by Gasteiger charge is 2.27. The fourth-order valence-electron chi connectivity index (χ4n) is 3.47. The molecule has 0 unspecified atom stereocenters. The molecule has 25 heavy (non-hydrogen) atoms. The number of likely N-dealkylation sites (tertiary alicyclic amines) is 1. The van der Waals surface area contributed by atoms with Crippen molar-refractivity contribution in [3.63, 3.8) is 0 Å². The van der Waals surface area contributed by atoms with E-state index in [9.17, 15) is 0 Å². The van der Waals surface area contributed by atoms with Gasteiger partial charge in [0.05, 0.1) is 5.69 Å². The van der Waals surface area contributed by atoms with Gasteiger partial charge in [-0.05, 0) is 66.1 Å². The Morgan fingerprint density at radius 2 is 1.92 bits per heavy atom. The third kappa shape index (κ3) is 6.03. The Labute approximate surface area is 153 Å². The van der Waals surface area contributed by atoms with Crippen LogP contribution in [-0.2, 0) is 6.54 Å². The van der Waals surface area contributed by atoms with Crippen molar-refractivity contribution in [1.29, 1.82) is 0 Å². The van der Waals surface area contributed by atoms with E-state index in [2.05, 4.69) is 57.1 Å². The van der Waals surface area contributed by atoms with Crippen LogP contribution in [0.5, 0.6) is 0 Å². The van der Waals surface area contributed by atoms with Gasteiger partial charge in [-0.15, -0.1) is 0 Å². The summed E-state index contributed by atoms with van der Waals surface area (Å²) in [6.45, 7) is 13.9. The van der Waals surface area contributed by atoms with E-state index in [1.54, 1.807) is 0 Å². The second kappa shape index (κ2) is 9.22. The third-order valence-electron chi connectivity index (χ3n) is 5.07. The predicted molar refractivity (Wildman–Crippen MR) is 105 cm³/mol. The molecular formula is C19H36N6. The highest BCUT2D eigenvalue weighted by atomic mass is 15.3. The summed E-state index contributed by atoms with van der Waals surface area (Å²) in [5, 5.41) is 11.4. The molecule has 0 aromatic carbocycles. The van der Waals surface area contributed by atoms with Crippen molar-refractivity contribution in [3.8, 4) is 0 Å². The Balaban J connectivity index is 1.70. The summed E-state index contributed by atoms with van der Waals surface area (Å²) in [5.74, 6) is 0.887. The van der Waals surface area contributed by atoms with Crippen LogP contribution in [0.2, 0.25) is 0 Å². The predicted octanol–water partition coefficient (Wildman–Crippen LogP) is 2.32. The van der Waals surface area contributed by atoms with Crippen LogP contribution in [0.3, 0.4) is 0 Å². The molecule has 0 atom stereocenters. The third-order valence-corrected chi connectivity index (χ3v) is 5.07. The van der Waals surface area contributed by atoms with Crippen LogP contribution in [0.25, 0.3) is 0 Å². The van der Waals surface area contributed by atoms with Crippen molar-refractivity contribution >= 4 is 5.96 Å². The highest BCUT2D eigenvalue weighted by molar-refractivity contribution is 5.79. The lowest BCUT2D eigenvalue weighted by Crippen LogP contribution is -2.54. The van der Waals surface area contributed by atoms with E-state index in [1.165, 1.54) is 38.0 Å². The van der Waals surface area contributed by atoms with Gasteiger partial charge in [-0.3, -0.25) is 14.6 Å². The number of aliphatic imine (C=N–C) groups is 1.